The number of nitrogens with two attached hydrogens (primary N) is 1. The molecule has 194 valence electrons. The number of pyridine rings is 1. The van der Waals surface area contributed by atoms with Crippen LogP contribution in [-0.2, 0) is 19.6 Å². The fourth-order valence-corrected chi connectivity index (χ4v) is 4.92. The van der Waals surface area contributed by atoms with Crippen LogP contribution in [0, 0.1) is 0 Å². The number of benzene rings is 2. The summed E-state index contributed by atoms with van der Waals surface area (Å²) in [5.74, 6) is -1.60. The number of aromatic nitrogens is 1. The van der Waals surface area contributed by atoms with E-state index < -0.39 is 33.8 Å². The van der Waals surface area contributed by atoms with Gasteiger partial charge in [0.15, 0.2) is 0 Å². The van der Waals surface area contributed by atoms with Crippen LogP contribution in [0.2, 0.25) is 0 Å². The Morgan fingerprint density at radius 2 is 1.76 bits per heavy atom. The van der Waals surface area contributed by atoms with Crippen molar-refractivity contribution in [1.29, 1.82) is 0 Å². The molecular weight excluding hydrogens is 516 g/mol. The van der Waals surface area contributed by atoms with E-state index in [1.807, 2.05) is 11.0 Å². The van der Waals surface area contributed by atoms with Crippen molar-refractivity contribution in [2.45, 2.75) is 17.4 Å². The molecule has 0 aliphatic carbocycles. The summed E-state index contributed by atoms with van der Waals surface area (Å²) >= 11 is 1.52. The number of hydrogen-bond donors (Lipinski definition) is 3. The molecule has 3 aromatic rings. The average Bonchev–Trinajstić information content (AvgIpc) is 2.90. The molecule has 0 aliphatic heterocycles. The number of ether oxygens (including phenoxy) is 1. The van der Waals surface area contributed by atoms with Crippen molar-refractivity contribution in [2.24, 2.45) is 0 Å². The van der Waals surface area contributed by atoms with Crippen LogP contribution >= 0.6 is 11.8 Å². The summed E-state index contributed by atoms with van der Waals surface area (Å²) in [5, 5.41) is 2.68. The third-order valence-electron chi connectivity index (χ3n) is 5.34. The number of amides is 2. The van der Waals surface area contributed by atoms with Gasteiger partial charge >= 0.3 is 5.97 Å². The fourth-order valence-electron chi connectivity index (χ4n) is 3.45. The molecule has 2 aromatic carbocycles. The Hall–Kier alpha value is -3.90. The van der Waals surface area contributed by atoms with Gasteiger partial charge in [0.25, 0.3) is 21.8 Å². The molecule has 0 spiro atoms. The molecular formula is C25H26N4O6S2. The summed E-state index contributed by atoms with van der Waals surface area (Å²) in [6.45, 7) is 0. The van der Waals surface area contributed by atoms with E-state index in [9.17, 15) is 22.8 Å². The van der Waals surface area contributed by atoms with Crippen LogP contribution in [0.25, 0.3) is 11.1 Å². The summed E-state index contributed by atoms with van der Waals surface area (Å²) < 4.78 is 32.9. The number of anilines is 1. The monoisotopic (exact) mass is 542 g/mol. The van der Waals surface area contributed by atoms with Gasteiger partial charge in [-0.2, -0.15) is 11.8 Å². The van der Waals surface area contributed by atoms with Crippen LogP contribution < -0.4 is 15.8 Å². The van der Waals surface area contributed by atoms with Crippen LogP contribution in [0.15, 0.2) is 71.8 Å². The van der Waals surface area contributed by atoms with Crippen molar-refractivity contribution in [1.82, 2.24) is 15.0 Å². The van der Waals surface area contributed by atoms with E-state index in [1.165, 1.54) is 55.4 Å². The lowest BCUT2D eigenvalue weighted by atomic mass is 9.99. The standard InChI is InChI=1S/C25H26N4O6S2/c1-35-25(32)21(12-14-36-2)28-23(30)18-11-10-17(15-20(18)16-7-4-3-5-8-16)37(33,34)29-24(31)19-9-6-13-27-22(19)26/h3-11,13,15,21H,12,14H2,1-2H3,(H2,26,27)(H,28,30)(H,29,31)/t21-/m0/s1. The third kappa shape index (κ3) is 6.86. The number of nitrogens with zero attached hydrogens (tertiary/aromatic N) is 1. The fraction of sp³-hybridized carbons (Fsp3) is 0.200. The number of nitrogen functional groups attached to an aromatic ring is 1. The number of carbonyl (C=O) groups is 3. The second-order valence-electron chi connectivity index (χ2n) is 7.77. The molecule has 0 unspecified atom stereocenters. The van der Waals surface area contributed by atoms with Crippen LogP contribution in [0.5, 0.6) is 0 Å². The van der Waals surface area contributed by atoms with E-state index in [1.54, 1.807) is 30.3 Å². The first-order valence-electron chi connectivity index (χ1n) is 11.0. The highest BCUT2D eigenvalue weighted by molar-refractivity contribution is 7.98. The molecule has 0 radical (unpaired) electrons. The van der Waals surface area contributed by atoms with Gasteiger partial charge in [0.05, 0.1) is 17.6 Å². The predicted molar refractivity (Wildman–Crippen MR) is 141 cm³/mol. The largest absolute Gasteiger partial charge is 0.467 e. The Bertz CT molecular complexity index is 1400. The second kappa shape index (κ2) is 12.4. The van der Waals surface area contributed by atoms with Gasteiger partial charge in [0.2, 0.25) is 0 Å². The van der Waals surface area contributed by atoms with Gasteiger partial charge in [-0.25, -0.2) is 22.9 Å². The molecule has 0 bridgehead atoms. The van der Waals surface area contributed by atoms with Gasteiger partial charge in [-0.05, 0) is 59.9 Å². The van der Waals surface area contributed by atoms with Crippen molar-refractivity contribution in [3.8, 4) is 11.1 Å². The number of sulfonamides is 1. The van der Waals surface area contributed by atoms with Gasteiger partial charge in [-0.1, -0.05) is 30.3 Å². The van der Waals surface area contributed by atoms with Gasteiger partial charge in [-0.3, -0.25) is 9.59 Å². The minimum Gasteiger partial charge on any atom is -0.467 e. The average molecular weight is 543 g/mol. The summed E-state index contributed by atoms with van der Waals surface area (Å²) in [4.78, 5) is 41.5. The zero-order valence-electron chi connectivity index (χ0n) is 20.1. The quantitative estimate of drug-likeness (QED) is 0.327. The van der Waals surface area contributed by atoms with E-state index in [4.69, 9.17) is 10.5 Å². The Balaban J connectivity index is 1.98. The van der Waals surface area contributed by atoms with Gasteiger partial charge < -0.3 is 15.8 Å². The molecule has 2 amide bonds. The number of methoxy groups -OCH3 is 1. The predicted octanol–water partition coefficient (Wildman–Crippen LogP) is 2.47. The number of esters is 1. The molecule has 0 fully saturated rings. The minimum absolute atomic E-state index is 0.0931. The van der Waals surface area contributed by atoms with E-state index >= 15 is 0 Å². The summed E-state index contributed by atoms with van der Waals surface area (Å²) in [5.41, 5.74) is 6.60. The molecule has 1 aromatic heterocycles. The zero-order chi connectivity index (χ0) is 27.0. The number of nitrogens with one attached hydrogen (secondary N) is 2. The molecule has 1 heterocycles. The number of thioether (sulfide) groups is 1. The Morgan fingerprint density at radius 1 is 1.03 bits per heavy atom. The molecule has 3 rings (SSSR count). The second-order valence-corrected chi connectivity index (χ2v) is 10.4. The number of carbonyl (C=O) groups excluding carboxylic acids is 3. The molecule has 10 nitrogen and oxygen atoms in total. The highest BCUT2D eigenvalue weighted by atomic mass is 32.2. The smallest absolute Gasteiger partial charge is 0.328 e. The van der Waals surface area contributed by atoms with Crippen molar-refractivity contribution < 1.29 is 27.5 Å². The SMILES string of the molecule is COC(=O)[C@H](CCSC)NC(=O)c1ccc(S(=O)(=O)NC(=O)c2cccnc2N)cc1-c1ccccc1. The van der Waals surface area contributed by atoms with Crippen molar-refractivity contribution in [3.05, 3.63) is 78.0 Å². The maximum atomic E-state index is 13.2. The number of rotatable bonds is 10. The summed E-state index contributed by atoms with van der Waals surface area (Å²) in [6.07, 6.45) is 3.61. The van der Waals surface area contributed by atoms with E-state index in [2.05, 4.69) is 10.3 Å². The molecule has 0 saturated carbocycles. The van der Waals surface area contributed by atoms with Gasteiger partial charge in [0.1, 0.15) is 11.9 Å². The van der Waals surface area contributed by atoms with E-state index in [0.717, 1.165) is 0 Å². The highest BCUT2D eigenvalue weighted by Crippen LogP contribution is 2.27. The first kappa shape index (κ1) is 27.7. The van der Waals surface area contributed by atoms with E-state index in [-0.39, 0.29) is 21.8 Å². The molecule has 37 heavy (non-hydrogen) atoms. The Morgan fingerprint density at radius 3 is 2.41 bits per heavy atom. The summed E-state index contributed by atoms with van der Waals surface area (Å²) in [6, 6.07) is 14.4. The molecule has 1 atom stereocenters. The highest BCUT2D eigenvalue weighted by Gasteiger charge is 2.26. The third-order valence-corrected chi connectivity index (χ3v) is 7.32. The minimum atomic E-state index is -4.34. The number of hydrogen-bond acceptors (Lipinski definition) is 9. The molecule has 12 heteroatoms. The molecule has 0 aliphatic rings. The van der Waals surface area contributed by atoms with E-state index in [0.29, 0.717) is 23.3 Å². The first-order valence-corrected chi connectivity index (χ1v) is 13.9. The normalized spacial score (nSPS) is 11.8. The maximum Gasteiger partial charge on any atom is 0.328 e. The van der Waals surface area contributed by atoms with Crippen LogP contribution in [0.3, 0.4) is 0 Å². The van der Waals surface area contributed by atoms with Gasteiger partial charge in [-0.15, -0.1) is 0 Å². The van der Waals surface area contributed by atoms with Crippen LogP contribution in [0.1, 0.15) is 27.1 Å². The van der Waals surface area contributed by atoms with Crippen molar-refractivity contribution >= 4 is 45.4 Å². The van der Waals surface area contributed by atoms with Gasteiger partial charge in [0, 0.05) is 11.8 Å². The lowest BCUT2D eigenvalue weighted by Gasteiger charge is -2.18. The first-order chi connectivity index (χ1) is 17.7. The molecule has 0 saturated heterocycles. The lowest BCUT2D eigenvalue weighted by Crippen LogP contribution is -2.42. The van der Waals surface area contributed by atoms with Crippen molar-refractivity contribution in [3.63, 3.8) is 0 Å². The van der Waals surface area contributed by atoms with Crippen molar-refractivity contribution in [2.75, 3.05) is 24.9 Å². The summed E-state index contributed by atoms with van der Waals surface area (Å²) in [7, 11) is -3.10. The topological polar surface area (TPSA) is 158 Å². The Labute approximate surface area is 219 Å². The zero-order valence-corrected chi connectivity index (χ0v) is 21.8. The maximum absolute atomic E-state index is 13.2. The Kier molecular flexibility index (Phi) is 9.25. The van der Waals surface area contributed by atoms with Crippen LogP contribution in [-0.4, -0.2) is 56.3 Å². The lowest BCUT2D eigenvalue weighted by molar-refractivity contribution is -0.142. The van der Waals surface area contributed by atoms with Crippen LogP contribution in [0.4, 0.5) is 5.82 Å². The molecule has 4 N–H and O–H groups in total.